The first kappa shape index (κ1) is 18.9. The van der Waals surface area contributed by atoms with Crippen LogP contribution in [0.4, 0.5) is 0 Å². The van der Waals surface area contributed by atoms with Gasteiger partial charge in [-0.25, -0.2) is 0 Å². The van der Waals surface area contributed by atoms with E-state index in [-0.39, 0.29) is 11.2 Å². The molecule has 1 aromatic heterocycles. The predicted molar refractivity (Wildman–Crippen MR) is 120 cm³/mol. The molecule has 1 aliphatic heterocycles. The minimum absolute atomic E-state index is 0.0735. The summed E-state index contributed by atoms with van der Waals surface area (Å²) in [6, 6.07) is 18.5. The van der Waals surface area contributed by atoms with E-state index in [2.05, 4.69) is 41.4 Å². The highest BCUT2D eigenvalue weighted by molar-refractivity contribution is 8.15. The minimum Gasteiger partial charge on any atom is -0.284 e. The fourth-order valence-corrected chi connectivity index (χ4v) is 5.07. The molecule has 3 aromatic rings. The number of carbonyl (C=O) groups excluding carboxylic acids is 1. The normalized spacial score (nSPS) is 18.8. The smallest absolute Gasteiger partial charge is 0.242 e. The number of amides is 1. The molecule has 2 heterocycles. The highest BCUT2D eigenvalue weighted by atomic mass is 32.2. The number of rotatable bonds is 6. The zero-order chi connectivity index (χ0) is 19.3. The van der Waals surface area contributed by atoms with Crippen LogP contribution < -0.4 is 0 Å². The monoisotopic (exact) mass is 407 g/mol. The second kappa shape index (κ2) is 8.71. The van der Waals surface area contributed by atoms with E-state index in [9.17, 15) is 4.79 Å². The number of amidine groups is 1. The molecule has 0 radical (unpaired) electrons. The van der Waals surface area contributed by atoms with E-state index < -0.39 is 0 Å². The van der Waals surface area contributed by atoms with Crippen molar-refractivity contribution in [1.82, 2.24) is 4.90 Å². The van der Waals surface area contributed by atoms with Gasteiger partial charge in [-0.2, -0.15) is 5.10 Å². The quantitative estimate of drug-likeness (QED) is 0.398. The number of thioether (sulfide) groups is 1. The van der Waals surface area contributed by atoms with Crippen LogP contribution in [0.25, 0.3) is 10.8 Å². The molecule has 6 heteroatoms. The summed E-state index contributed by atoms with van der Waals surface area (Å²) in [6.45, 7) is 2.62. The summed E-state index contributed by atoms with van der Waals surface area (Å²) in [5.74, 6) is 0.129. The lowest BCUT2D eigenvalue weighted by Crippen LogP contribution is -2.31. The number of hydrogen-bond acceptors (Lipinski definition) is 5. The molecule has 28 heavy (non-hydrogen) atoms. The Morgan fingerprint density at radius 2 is 1.96 bits per heavy atom. The topological polar surface area (TPSA) is 45.0 Å². The maximum Gasteiger partial charge on any atom is 0.242 e. The van der Waals surface area contributed by atoms with Crippen molar-refractivity contribution >= 4 is 51.2 Å². The van der Waals surface area contributed by atoms with Crippen LogP contribution in [0.1, 0.15) is 30.2 Å². The third-order valence-corrected chi connectivity index (χ3v) is 6.69. The molecule has 0 N–H and O–H groups in total. The van der Waals surface area contributed by atoms with Gasteiger partial charge in [-0.15, -0.1) is 16.4 Å². The molecule has 4 rings (SSSR count). The van der Waals surface area contributed by atoms with Crippen LogP contribution in [0.15, 0.2) is 70.2 Å². The Morgan fingerprint density at radius 1 is 1.11 bits per heavy atom. The molecular formula is C22H21N3OS2. The Hall–Kier alpha value is -2.44. The van der Waals surface area contributed by atoms with Crippen LogP contribution in [0.3, 0.4) is 0 Å². The Morgan fingerprint density at radius 3 is 2.79 bits per heavy atom. The van der Waals surface area contributed by atoms with E-state index in [1.54, 1.807) is 22.5 Å². The van der Waals surface area contributed by atoms with E-state index in [0.29, 0.717) is 11.7 Å². The molecule has 0 saturated carbocycles. The highest BCUT2D eigenvalue weighted by Gasteiger charge is 2.37. The molecular weight excluding hydrogens is 386 g/mol. The molecule has 142 valence electrons. The van der Waals surface area contributed by atoms with E-state index in [1.807, 2.05) is 35.7 Å². The van der Waals surface area contributed by atoms with E-state index in [0.717, 1.165) is 23.3 Å². The average Bonchev–Trinajstić information content (AvgIpc) is 3.33. The van der Waals surface area contributed by atoms with Crippen molar-refractivity contribution in [3.8, 4) is 0 Å². The zero-order valence-electron chi connectivity index (χ0n) is 15.6. The second-order valence-electron chi connectivity index (χ2n) is 6.60. The summed E-state index contributed by atoms with van der Waals surface area (Å²) in [6.07, 6.45) is 3.56. The SMILES string of the molecule is CCC[C@H]1S/C(=N/N=C\c2cccs2)N(Cc2cccc3ccccc23)C1=O. The van der Waals surface area contributed by atoms with E-state index in [4.69, 9.17) is 0 Å². The largest absolute Gasteiger partial charge is 0.284 e. The maximum absolute atomic E-state index is 13.0. The van der Waals surface area contributed by atoms with Crippen molar-refractivity contribution < 1.29 is 4.79 Å². The van der Waals surface area contributed by atoms with Gasteiger partial charge in [-0.3, -0.25) is 9.69 Å². The fraction of sp³-hybridized carbons (Fsp3) is 0.227. The molecule has 1 aliphatic rings. The van der Waals surface area contributed by atoms with Gasteiger partial charge in [0.05, 0.1) is 18.0 Å². The maximum atomic E-state index is 13.0. The summed E-state index contributed by atoms with van der Waals surface area (Å²) < 4.78 is 0. The van der Waals surface area contributed by atoms with Crippen molar-refractivity contribution in [2.24, 2.45) is 10.2 Å². The van der Waals surface area contributed by atoms with Gasteiger partial charge in [0.15, 0.2) is 5.17 Å². The molecule has 1 atom stereocenters. The van der Waals surface area contributed by atoms with Gasteiger partial charge in [0.1, 0.15) is 0 Å². The van der Waals surface area contributed by atoms with Crippen LogP contribution in [-0.2, 0) is 11.3 Å². The molecule has 2 aromatic carbocycles. The molecule has 4 nitrogen and oxygen atoms in total. The van der Waals surface area contributed by atoms with Gasteiger partial charge >= 0.3 is 0 Å². The lowest BCUT2D eigenvalue weighted by Gasteiger charge is -2.17. The van der Waals surface area contributed by atoms with Gasteiger partial charge in [0.25, 0.3) is 0 Å². The van der Waals surface area contributed by atoms with Crippen molar-refractivity contribution in [2.45, 2.75) is 31.6 Å². The summed E-state index contributed by atoms with van der Waals surface area (Å²) in [5.41, 5.74) is 1.12. The first-order valence-electron chi connectivity index (χ1n) is 9.35. The third-order valence-electron chi connectivity index (χ3n) is 4.65. The summed E-state index contributed by atoms with van der Waals surface area (Å²) >= 11 is 3.14. The molecule has 0 aliphatic carbocycles. The fourth-order valence-electron chi connectivity index (χ4n) is 3.28. The zero-order valence-corrected chi connectivity index (χ0v) is 17.2. The average molecular weight is 408 g/mol. The van der Waals surface area contributed by atoms with Gasteiger partial charge in [0.2, 0.25) is 5.91 Å². The van der Waals surface area contributed by atoms with Crippen LogP contribution in [0.2, 0.25) is 0 Å². The first-order chi connectivity index (χ1) is 13.8. The Bertz CT molecular complexity index is 1020. The molecule has 1 amide bonds. The van der Waals surface area contributed by atoms with Crippen LogP contribution >= 0.6 is 23.1 Å². The Kier molecular flexibility index (Phi) is 5.88. The number of thiophene rings is 1. The summed E-state index contributed by atoms with van der Waals surface area (Å²) in [7, 11) is 0. The van der Waals surface area contributed by atoms with Crippen LogP contribution in [0.5, 0.6) is 0 Å². The number of carbonyl (C=O) groups is 1. The number of benzene rings is 2. The minimum atomic E-state index is -0.0735. The number of fused-ring (bicyclic) bond motifs is 1. The van der Waals surface area contributed by atoms with Crippen molar-refractivity contribution in [3.63, 3.8) is 0 Å². The standard InChI is InChI=1S/C22H21N3OS2/c1-2-7-20-21(26)25(22(28-20)24-23-14-18-11-6-13-27-18)15-17-10-5-9-16-8-3-4-12-19(16)17/h3-6,8-14,20H,2,7,15H2,1H3/b23-14-,24-22+/t20-/m1/s1. The lowest BCUT2D eigenvalue weighted by atomic mass is 10.0. The third kappa shape index (κ3) is 4.03. The van der Waals surface area contributed by atoms with Crippen molar-refractivity contribution in [1.29, 1.82) is 0 Å². The van der Waals surface area contributed by atoms with Gasteiger partial charge in [0, 0.05) is 4.88 Å². The first-order valence-corrected chi connectivity index (χ1v) is 11.1. The van der Waals surface area contributed by atoms with E-state index in [1.165, 1.54) is 22.5 Å². The summed E-state index contributed by atoms with van der Waals surface area (Å²) in [4.78, 5) is 15.8. The van der Waals surface area contributed by atoms with Crippen molar-refractivity contribution in [2.75, 3.05) is 0 Å². The number of hydrogen-bond donors (Lipinski definition) is 0. The molecule has 1 saturated heterocycles. The van der Waals surface area contributed by atoms with Gasteiger partial charge in [-0.1, -0.05) is 73.6 Å². The van der Waals surface area contributed by atoms with Crippen LogP contribution in [-0.4, -0.2) is 27.4 Å². The summed E-state index contributed by atoms with van der Waals surface area (Å²) in [5, 5.41) is 13.6. The Labute approximate surface area is 173 Å². The number of nitrogens with zero attached hydrogens (tertiary/aromatic N) is 3. The highest BCUT2D eigenvalue weighted by Crippen LogP contribution is 2.32. The van der Waals surface area contributed by atoms with Gasteiger partial charge < -0.3 is 0 Å². The second-order valence-corrected chi connectivity index (χ2v) is 8.75. The molecule has 1 fully saturated rings. The predicted octanol–water partition coefficient (Wildman–Crippen LogP) is 5.54. The van der Waals surface area contributed by atoms with Gasteiger partial charge in [-0.05, 0) is 34.2 Å². The molecule has 0 spiro atoms. The van der Waals surface area contributed by atoms with E-state index >= 15 is 0 Å². The lowest BCUT2D eigenvalue weighted by molar-refractivity contribution is -0.126. The molecule has 0 unspecified atom stereocenters. The van der Waals surface area contributed by atoms with Crippen LogP contribution in [0, 0.1) is 0 Å². The molecule has 0 bridgehead atoms. The van der Waals surface area contributed by atoms with Crippen molar-refractivity contribution in [3.05, 3.63) is 70.4 Å². The Balaban J connectivity index is 1.63.